The number of hydrogen-bond donors (Lipinski definition) is 8. The number of carboxylic acids is 1. The summed E-state index contributed by atoms with van der Waals surface area (Å²) in [5.74, 6) is -4.62. The maximum Gasteiger partial charge on any atom is 0.303 e. The minimum absolute atomic E-state index is 0.0666. The first kappa shape index (κ1) is 33.3. The Labute approximate surface area is 253 Å². The second-order valence-corrected chi connectivity index (χ2v) is 10.3. The Balaban J connectivity index is 1.72. The SMILES string of the molecule is CC(NC(=O)C(Cc1ccccc1)NC(=O)C(N)CCC(=O)O)C(=O)NC(Cc1c[nH]c2ccccc12)C(=O)NCC(N)=O. The minimum atomic E-state index is -1.16. The number of aromatic amines is 1. The van der Waals surface area contributed by atoms with Gasteiger partial charge in [-0.1, -0.05) is 48.5 Å². The average molecular weight is 608 g/mol. The van der Waals surface area contributed by atoms with Gasteiger partial charge < -0.3 is 42.8 Å². The van der Waals surface area contributed by atoms with Crippen LogP contribution in [0, 0.1) is 0 Å². The highest BCUT2D eigenvalue weighted by Crippen LogP contribution is 2.19. The molecule has 234 valence electrons. The molecule has 0 fully saturated rings. The number of aliphatic carboxylic acids is 1. The summed E-state index contributed by atoms with van der Waals surface area (Å²) in [6, 6.07) is 11.7. The molecule has 10 N–H and O–H groups in total. The van der Waals surface area contributed by atoms with E-state index in [1.165, 1.54) is 6.92 Å². The number of amides is 5. The smallest absolute Gasteiger partial charge is 0.303 e. The van der Waals surface area contributed by atoms with Gasteiger partial charge in [-0.25, -0.2) is 0 Å². The Morgan fingerprint density at radius 2 is 1.45 bits per heavy atom. The maximum atomic E-state index is 13.3. The number of hydrogen-bond acceptors (Lipinski definition) is 7. The van der Waals surface area contributed by atoms with Crippen molar-refractivity contribution in [2.24, 2.45) is 11.5 Å². The lowest BCUT2D eigenvalue weighted by molar-refractivity contribution is -0.137. The maximum absolute atomic E-state index is 13.3. The summed E-state index contributed by atoms with van der Waals surface area (Å²) < 4.78 is 0. The molecular formula is C30H37N7O7. The second kappa shape index (κ2) is 15.8. The molecule has 0 spiro atoms. The predicted molar refractivity (Wildman–Crippen MR) is 161 cm³/mol. The number of nitrogens with two attached hydrogens (primary N) is 2. The molecule has 0 aliphatic heterocycles. The molecule has 14 nitrogen and oxygen atoms in total. The van der Waals surface area contributed by atoms with Crippen LogP contribution in [0.15, 0.2) is 60.8 Å². The molecule has 4 atom stereocenters. The van der Waals surface area contributed by atoms with Crippen molar-refractivity contribution in [3.63, 3.8) is 0 Å². The van der Waals surface area contributed by atoms with E-state index in [1.807, 2.05) is 24.3 Å². The van der Waals surface area contributed by atoms with Crippen LogP contribution in [-0.4, -0.2) is 76.3 Å². The molecule has 3 rings (SSSR count). The lowest BCUT2D eigenvalue weighted by Gasteiger charge is -2.24. The van der Waals surface area contributed by atoms with Crippen LogP contribution in [0.4, 0.5) is 0 Å². The third-order valence-corrected chi connectivity index (χ3v) is 6.84. The van der Waals surface area contributed by atoms with E-state index in [1.54, 1.807) is 36.5 Å². The monoisotopic (exact) mass is 607 g/mol. The summed E-state index contributed by atoms with van der Waals surface area (Å²) in [4.78, 5) is 77.4. The normalized spacial score (nSPS) is 13.6. The van der Waals surface area contributed by atoms with Crippen LogP contribution in [0.2, 0.25) is 0 Å². The van der Waals surface area contributed by atoms with Gasteiger partial charge in [-0.05, 0) is 30.5 Å². The largest absolute Gasteiger partial charge is 0.481 e. The second-order valence-electron chi connectivity index (χ2n) is 10.3. The number of carbonyl (C=O) groups excluding carboxylic acids is 5. The number of benzene rings is 2. The Kier molecular flexibility index (Phi) is 12.0. The van der Waals surface area contributed by atoms with Gasteiger partial charge in [-0.2, -0.15) is 0 Å². The molecule has 1 heterocycles. The summed E-state index contributed by atoms with van der Waals surface area (Å²) in [5, 5.41) is 19.9. The number of fused-ring (bicyclic) bond motifs is 1. The van der Waals surface area contributed by atoms with E-state index in [2.05, 4.69) is 26.3 Å². The molecule has 2 aromatic carbocycles. The Bertz CT molecular complexity index is 1490. The van der Waals surface area contributed by atoms with Crippen LogP contribution in [0.5, 0.6) is 0 Å². The van der Waals surface area contributed by atoms with E-state index in [4.69, 9.17) is 16.6 Å². The van der Waals surface area contributed by atoms with E-state index < -0.39 is 66.2 Å². The molecule has 4 unspecified atom stereocenters. The van der Waals surface area contributed by atoms with Crippen molar-refractivity contribution >= 4 is 46.4 Å². The molecule has 44 heavy (non-hydrogen) atoms. The zero-order valence-electron chi connectivity index (χ0n) is 24.2. The molecular weight excluding hydrogens is 570 g/mol. The number of nitrogens with one attached hydrogen (secondary N) is 5. The highest BCUT2D eigenvalue weighted by Gasteiger charge is 2.29. The lowest BCUT2D eigenvalue weighted by atomic mass is 10.0. The van der Waals surface area contributed by atoms with Crippen LogP contribution in [0.3, 0.4) is 0 Å². The van der Waals surface area contributed by atoms with Crippen molar-refractivity contribution < 1.29 is 33.9 Å². The molecule has 1 aromatic heterocycles. The molecule has 0 radical (unpaired) electrons. The number of carboxylic acid groups (broad SMARTS) is 1. The third kappa shape index (κ3) is 9.94. The molecule has 0 saturated heterocycles. The van der Waals surface area contributed by atoms with Crippen LogP contribution in [0.25, 0.3) is 10.9 Å². The summed E-state index contributed by atoms with van der Waals surface area (Å²) in [6.07, 6.45) is 1.40. The summed E-state index contributed by atoms with van der Waals surface area (Å²) in [6.45, 7) is 0.984. The predicted octanol–water partition coefficient (Wildman–Crippen LogP) is -0.779. The van der Waals surface area contributed by atoms with Gasteiger partial charge in [0.05, 0.1) is 12.6 Å². The minimum Gasteiger partial charge on any atom is -0.481 e. The zero-order chi connectivity index (χ0) is 32.2. The van der Waals surface area contributed by atoms with Crippen LogP contribution in [-0.2, 0) is 41.6 Å². The molecule has 0 aliphatic rings. The van der Waals surface area contributed by atoms with Gasteiger partial charge in [0.2, 0.25) is 29.5 Å². The number of aromatic nitrogens is 1. The van der Waals surface area contributed by atoms with Crippen molar-refractivity contribution in [1.82, 2.24) is 26.3 Å². The fraction of sp³-hybridized carbons (Fsp3) is 0.333. The highest BCUT2D eigenvalue weighted by molar-refractivity contribution is 5.96. The Morgan fingerprint density at radius 3 is 2.14 bits per heavy atom. The van der Waals surface area contributed by atoms with E-state index in [0.29, 0.717) is 5.56 Å². The number of primary amides is 1. The Hall–Kier alpha value is -5.24. The number of para-hydroxylation sites is 1. The van der Waals surface area contributed by atoms with Gasteiger partial charge in [-0.3, -0.25) is 28.8 Å². The van der Waals surface area contributed by atoms with Crippen LogP contribution in [0.1, 0.15) is 30.9 Å². The van der Waals surface area contributed by atoms with Crippen molar-refractivity contribution in [2.45, 2.75) is 56.8 Å². The fourth-order valence-corrected chi connectivity index (χ4v) is 4.45. The molecule has 0 saturated carbocycles. The van der Waals surface area contributed by atoms with Crippen LogP contribution >= 0.6 is 0 Å². The van der Waals surface area contributed by atoms with Gasteiger partial charge in [-0.15, -0.1) is 0 Å². The number of H-pyrrole nitrogens is 1. The molecule has 5 amide bonds. The molecule has 0 aliphatic carbocycles. The zero-order valence-corrected chi connectivity index (χ0v) is 24.2. The third-order valence-electron chi connectivity index (χ3n) is 6.84. The first-order valence-electron chi connectivity index (χ1n) is 14.0. The van der Waals surface area contributed by atoms with Crippen molar-refractivity contribution in [3.8, 4) is 0 Å². The van der Waals surface area contributed by atoms with Crippen molar-refractivity contribution in [3.05, 3.63) is 71.9 Å². The standard InChI is InChI=1S/C30H37N7O7/c1-17(35-30(44)23(13-18-7-3-2-4-8-18)37-28(42)21(31)11-12-26(39)40)27(41)36-24(29(43)34-16-25(32)38)14-19-15-33-22-10-6-5-9-20(19)22/h2-10,15,17,21,23-24,33H,11-14,16,31H2,1H3,(H2,32,38)(H,34,43)(H,35,44)(H,36,41)(H,37,42)(H,39,40). The summed E-state index contributed by atoms with van der Waals surface area (Å²) in [5.41, 5.74) is 13.3. The topological polar surface area (TPSA) is 239 Å². The fourth-order valence-electron chi connectivity index (χ4n) is 4.45. The van der Waals surface area contributed by atoms with E-state index in [-0.39, 0.29) is 25.7 Å². The first-order chi connectivity index (χ1) is 20.9. The van der Waals surface area contributed by atoms with Crippen molar-refractivity contribution in [1.29, 1.82) is 0 Å². The summed E-state index contributed by atoms with van der Waals surface area (Å²) in [7, 11) is 0. The van der Waals surface area contributed by atoms with Crippen molar-refractivity contribution in [2.75, 3.05) is 6.54 Å². The Morgan fingerprint density at radius 1 is 0.818 bits per heavy atom. The van der Waals surface area contributed by atoms with Gasteiger partial charge in [0.15, 0.2) is 0 Å². The summed E-state index contributed by atoms with van der Waals surface area (Å²) >= 11 is 0. The van der Waals surface area contributed by atoms with E-state index in [9.17, 15) is 28.8 Å². The molecule has 3 aromatic rings. The van der Waals surface area contributed by atoms with E-state index >= 15 is 0 Å². The molecule has 0 bridgehead atoms. The first-order valence-corrected chi connectivity index (χ1v) is 14.0. The van der Waals surface area contributed by atoms with Crippen LogP contribution < -0.4 is 32.7 Å². The van der Waals surface area contributed by atoms with Gasteiger partial charge in [0.25, 0.3) is 0 Å². The lowest BCUT2D eigenvalue weighted by Crippen LogP contribution is -2.58. The van der Waals surface area contributed by atoms with Gasteiger partial charge >= 0.3 is 5.97 Å². The quantitative estimate of drug-likeness (QED) is 0.103. The van der Waals surface area contributed by atoms with Gasteiger partial charge in [0.1, 0.15) is 18.1 Å². The van der Waals surface area contributed by atoms with E-state index in [0.717, 1.165) is 16.5 Å². The highest BCUT2D eigenvalue weighted by atomic mass is 16.4. The average Bonchev–Trinajstić information content (AvgIpc) is 3.40. The number of rotatable bonds is 16. The molecule has 14 heteroatoms. The number of carbonyl (C=O) groups is 6. The van der Waals surface area contributed by atoms with Gasteiger partial charge in [0, 0.05) is 36.4 Å².